The zero-order valence-electron chi connectivity index (χ0n) is 16.9. The van der Waals surface area contributed by atoms with Gasteiger partial charge >= 0.3 is 12.3 Å². The molecule has 0 aliphatic carbocycles. The number of rotatable bonds is 7. The molecule has 1 unspecified atom stereocenters. The highest BCUT2D eigenvalue weighted by Gasteiger charge is 2.59. The molecule has 0 aromatic heterocycles. The Kier molecular flexibility index (Phi) is 6.81. The fraction of sp³-hybridized carbons (Fsp3) is 0.250. The van der Waals surface area contributed by atoms with Gasteiger partial charge in [0.2, 0.25) is 0 Å². The highest BCUT2D eigenvalue weighted by atomic mass is 19.4. The van der Waals surface area contributed by atoms with Crippen molar-refractivity contribution in [1.82, 2.24) is 0 Å². The molecule has 170 valence electrons. The minimum absolute atomic E-state index is 0.169. The maximum absolute atomic E-state index is 15.1. The van der Waals surface area contributed by atoms with Gasteiger partial charge in [-0.05, 0) is 34.7 Å². The van der Waals surface area contributed by atoms with Crippen LogP contribution >= 0.6 is 0 Å². The van der Waals surface area contributed by atoms with Crippen molar-refractivity contribution in [3.05, 3.63) is 78.1 Å². The third-order valence-corrected chi connectivity index (χ3v) is 4.79. The van der Waals surface area contributed by atoms with E-state index < -0.39 is 30.0 Å². The lowest BCUT2D eigenvalue weighted by Crippen LogP contribution is -2.45. The van der Waals surface area contributed by atoms with Crippen molar-refractivity contribution in [2.45, 2.75) is 38.2 Å². The van der Waals surface area contributed by atoms with Crippen LogP contribution in [0.1, 0.15) is 18.9 Å². The maximum Gasteiger partial charge on any atom is 0.439 e. The van der Waals surface area contributed by atoms with Gasteiger partial charge in [-0.1, -0.05) is 74.0 Å². The number of alkyl halides is 6. The van der Waals surface area contributed by atoms with E-state index in [4.69, 9.17) is 0 Å². The zero-order chi connectivity index (χ0) is 23.5. The Labute approximate surface area is 180 Å². The van der Waals surface area contributed by atoms with Crippen LogP contribution in [0, 0.1) is 5.82 Å². The molecule has 0 spiro atoms. The third-order valence-electron chi connectivity index (χ3n) is 4.79. The van der Waals surface area contributed by atoms with Gasteiger partial charge in [-0.3, -0.25) is 0 Å². The van der Waals surface area contributed by atoms with E-state index in [1.165, 1.54) is 6.07 Å². The molecule has 0 saturated carbocycles. The number of hydrogen-bond acceptors (Lipinski definition) is 1. The zero-order valence-corrected chi connectivity index (χ0v) is 16.9. The Balaban J connectivity index is 2.04. The van der Waals surface area contributed by atoms with E-state index in [-0.39, 0.29) is 5.56 Å². The molecule has 3 rings (SSSR count). The van der Waals surface area contributed by atoms with Gasteiger partial charge in [0.1, 0.15) is 0 Å². The summed E-state index contributed by atoms with van der Waals surface area (Å²) in [7, 11) is 0. The van der Waals surface area contributed by atoms with E-state index in [1.54, 1.807) is 30.3 Å². The lowest BCUT2D eigenvalue weighted by Gasteiger charge is -2.23. The fourth-order valence-corrected chi connectivity index (χ4v) is 3.34. The molecular weight excluding hydrogens is 437 g/mol. The monoisotopic (exact) mass is 456 g/mol. The number of halogens is 7. The Hall–Kier alpha value is -3.03. The van der Waals surface area contributed by atoms with Crippen molar-refractivity contribution < 1.29 is 35.5 Å². The Morgan fingerprint density at radius 2 is 1.44 bits per heavy atom. The van der Waals surface area contributed by atoms with E-state index in [0.29, 0.717) is 11.1 Å². The molecule has 1 nitrogen and oxygen atoms in total. The Morgan fingerprint density at radius 3 is 2.09 bits per heavy atom. The molecule has 0 heterocycles. The molecule has 0 radical (unpaired) electrons. The predicted molar refractivity (Wildman–Crippen MR) is 108 cm³/mol. The third kappa shape index (κ3) is 5.06. The molecule has 3 aromatic rings. The van der Waals surface area contributed by atoms with Crippen molar-refractivity contribution in [3.63, 3.8) is 0 Å². The second kappa shape index (κ2) is 9.22. The number of ether oxygens (including phenoxy) is 1. The van der Waals surface area contributed by atoms with Gasteiger partial charge in [0.05, 0.1) is 0 Å². The average molecular weight is 456 g/mol. The van der Waals surface area contributed by atoms with E-state index >= 15 is 4.39 Å². The highest BCUT2D eigenvalue weighted by Crippen LogP contribution is 2.40. The summed E-state index contributed by atoms with van der Waals surface area (Å²) in [5.74, 6) is -2.51. The molecule has 0 fully saturated rings. The van der Waals surface area contributed by atoms with Crippen LogP contribution in [-0.2, 0) is 6.42 Å². The molecule has 0 amide bonds. The molecule has 0 saturated heterocycles. The lowest BCUT2D eigenvalue weighted by molar-refractivity contribution is -0.305. The van der Waals surface area contributed by atoms with Gasteiger partial charge < -0.3 is 4.74 Å². The van der Waals surface area contributed by atoms with Crippen molar-refractivity contribution in [2.24, 2.45) is 0 Å². The smallest absolute Gasteiger partial charge is 0.427 e. The van der Waals surface area contributed by atoms with Crippen molar-refractivity contribution in [2.75, 3.05) is 0 Å². The SMILES string of the molecule is CCCc1cccc(-c2ccccc2-c2cccc(OC(F)(F)C(F)C(F)(F)F)c2F)c1. The summed E-state index contributed by atoms with van der Waals surface area (Å²) in [5, 5.41) is 0. The first-order chi connectivity index (χ1) is 15.0. The number of hydrogen-bond donors (Lipinski definition) is 0. The molecule has 0 aliphatic rings. The van der Waals surface area contributed by atoms with E-state index in [0.717, 1.165) is 36.1 Å². The molecule has 8 heteroatoms. The van der Waals surface area contributed by atoms with E-state index in [2.05, 4.69) is 4.74 Å². The Bertz CT molecular complexity index is 1080. The normalized spacial score (nSPS) is 13.1. The van der Waals surface area contributed by atoms with Crippen LogP contribution in [0.2, 0.25) is 0 Å². The molecule has 0 N–H and O–H groups in total. The minimum Gasteiger partial charge on any atom is -0.427 e. The van der Waals surface area contributed by atoms with Crippen LogP contribution in [0.5, 0.6) is 5.75 Å². The maximum atomic E-state index is 15.1. The van der Waals surface area contributed by atoms with Gasteiger partial charge in [-0.2, -0.15) is 22.0 Å². The first-order valence-electron chi connectivity index (χ1n) is 9.79. The van der Waals surface area contributed by atoms with Gasteiger partial charge in [-0.25, -0.2) is 8.78 Å². The second-order valence-corrected chi connectivity index (χ2v) is 7.18. The average Bonchev–Trinajstić information content (AvgIpc) is 2.74. The fourth-order valence-electron chi connectivity index (χ4n) is 3.34. The number of aryl methyl sites for hydroxylation is 1. The topological polar surface area (TPSA) is 9.23 Å². The largest absolute Gasteiger partial charge is 0.439 e. The molecule has 0 bridgehead atoms. The molecular formula is C24H19F7O. The van der Waals surface area contributed by atoms with Crippen LogP contribution in [0.3, 0.4) is 0 Å². The van der Waals surface area contributed by atoms with Crippen LogP contribution in [0.4, 0.5) is 30.7 Å². The molecule has 1 atom stereocenters. The predicted octanol–water partition coefficient (Wildman–Crippen LogP) is 7.98. The first-order valence-corrected chi connectivity index (χ1v) is 9.79. The molecule has 3 aromatic carbocycles. The van der Waals surface area contributed by atoms with Gasteiger partial charge in [0, 0.05) is 5.56 Å². The second-order valence-electron chi connectivity index (χ2n) is 7.18. The van der Waals surface area contributed by atoms with Crippen LogP contribution in [0.15, 0.2) is 66.7 Å². The summed E-state index contributed by atoms with van der Waals surface area (Å²) in [4.78, 5) is 0. The standard InChI is InChI=1S/C24H19F7O/c1-2-7-15-8-5-9-16(14-15)17-10-3-4-11-18(17)19-12-6-13-20(21(19)25)32-24(30,31)22(26)23(27,28)29/h3-6,8-14,22H,2,7H2,1H3. The summed E-state index contributed by atoms with van der Waals surface area (Å²) in [6.07, 6.45) is -14.0. The molecule has 32 heavy (non-hydrogen) atoms. The summed E-state index contributed by atoms with van der Waals surface area (Å²) in [5.41, 5.74) is 2.55. The Morgan fingerprint density at radius 1 is 0.812 bits per heavy atom. The highest BCUT2D eigenvalue weighted by molar-refractivity contribution is 5.84. The summed E-state index contributed by atoms with van der Waals surface area (Å²) in [6, 6.07) is 17.3. The van der Waals surface area contributed by atoms with Crippen molar-refractivity contribution >= 4 is 0 Å². The summed E-state index contributed by atoms with van der Waals surface area (Å²) < 4.78 is 96.7. The minimum atomic E-state index is -5.87. The van der Waals surface area contributed by atoms with Crippen LogP contribution in [-0.4, -0.2) is 18.5 Å². The van der Waals surface area contributed by atoms with E-state index in [1.807, 2.05) is 25.1 Å². The number of benzene rings is 3. The quantitative estimate of drug-likeness (QED) is 0.328. The van der Waals surface area contributed by atoms with Gasteiger partial charge in [0.25, 0.3) is 6.17 Å². The van der Waals surface area contributed by atoms with Crippen molar-refractivity contribution in [3.8, 4) is 28.0 Å². The van der Waals surface area contributed by atoms with Crippen LogP contribution < -0.4 is 4.74 Å². The summed E-state index contributed by atoms with van der Waals surface area (Å²) in [6.45, 7) is 2.03. The van der Waals surface area contributed by atoms with Gasteiger partial charge in [0.15, 0.2) is 11.6 Å². The van der Waals surface area contributed by atoms with Crippen molar-refractivity contribution in [1.29, 1.82) is 0 Å². The van der Waals surface area contributed by atoms with Crippen LogP contribution in [0.25, 0.3) is 22.3 Å². The molecule has 0 aliphatic heterocycles. The first kappa shape index (κ1) is 23.6. The van der Waals surface area contributed by atoms with Gasteiger partial charge in [-0.15, -0.1) is 0 Å². The van der Waals surface area contributed by atoms with E-state index in [9.17, 15) is 26.3 Å². The lowest BCUT2D eigenvalue weighted by atomic mass is 9.93. The summed E-state index contributed by atoms with van der Waals surface area (Å²) >= 11 is 0.